The molecule has 23 heavy (non-hydrogen) atoms. The number of benzene rings is 1. The Bertz CT molecular complexity index is 853. The number of fused-ring (bicyclic) bond motifs is 2. The van der Waals surface area contributed by atoms with Crippen molar-refractivity contribution >= 4 is 17.3 Å². The minimum atomic E-state index is 0.620. The highest BCUT2D eigenvalue weighted by Crippen LogP contribution is 2.28. The van der Waals surface area contributed by atoms with Gasteiger partial charge in [0.1, 0.15) is 12.1 Å². The van der Waals surface area contributed by atoms with Crippen LogP contribution in [0.4, 0.5) is 11.5 Å². The molecule has 6 heteroatoms. The van der Waals surface area contributed by atoms with Gasteiger partial charge in [-0.1, -0.05) is 19.1 Å². The summed E-state index contributed by atoms with van der Waals surface area (Å²) in [6, 6.07) is 8.49. The molecule has 118 valence electrons. The van der Waals surface area contributed by atoms with E-state index in [2.05, 4.69) is 50.4 Å². The number of nitrogens with zero attached hydrogens (tertiary/aromatic N) is 5. The number of hydrogen-bond donors (Lipinski definition) is 1. The lowest BCUT2D eigenvalue weighted by Gasteiger charge is -2.29. The van der Waals surface area contributed by atoms with Gasteiger partial charge >= 0.3 is 0 Å². The molecular weight excluding hydrogens is 288 g/mol. The fraction of sp³-hybridized carbons (Fsp3) is 0.353. The Labute approximate surface area is 135 Å². The first-order valence-corrected chi connectivity index (χ1v) is 8.02. The van der Waals surface area contributed by atoms with Crippen LogP contribution in [0.25, 0.3) is 5.78 Å². The Morgan fingerprint density at radius 2 is 2.22 bits per heavy atom. The Hall–Kier alpha value is -2.47. The van der Waals surface area contributed by atoms with Gasteiger partial charge in [0.25, 0.3) is 5.78 Å². The highest BCUT2D eigenvalue weighted by Gasteiger charge is 2.18. The van der Waals surface area contributed by atoms with Gasteiger partial charge in [-0.25, -0.2) is 4.98 Å². The maximum Gasteiger partial charge on any atom is 0.254 e. The molecule has 0 bridgehead atoms. The molecule has 0 aliphatic carbocycles. The number of aromatic nitrogens is 4. The molecule has 1 aromatic carbocycles. The summed E-state index contributed by atoms with van der Waals surface area (Å²) in [7, 11) is 0. The van der Waals surface area contributed by atoms with Gasteiger partial charge in [0.2, 0.25) is 0 Å². The van der Waals surface area contributed by atoms with E-state index in [-0.39, 0.29) is 0 Å². The Morgan fingerprint density at radius 1 is 1.30 bits per heavy atom. The van der Waals surface area contributed by atoms with Gasteiger partial charge in [-0.3, -0.25) is 4.90 Å². The molecular formula is C17H20N6. The summed E-state index contributed by atoms with van der Waals surface area (Å²) >= 11 is 0. The summed E-state index contributed by atoms with van der Waals surface area (Å²) in [4.78, 5) is 11.0. The van der Waals surface area contributed by atoms with E-state index in [1.807, 2.05) is 13.0 Å². The van der Waals surface area contributed by atoms with E-state index in [4.69, 9.17) is 0 Å². The molecule has 0 spiro atoms. The van der Waals surface area contributed by atoms with E-state index < -0.39 is 0 Å². The van der Waals surface area contributed by atoms with Crippen LogP contribution in [-0.4, -0.2) is 37.6 Å². The zero-order valence-electron chi connectivity index (χ0n) is 13.5. The minimum absolute atomic E-state index is 0.620. The molecule has 3 heterocycles. The van der Waals surface area contributed by atoms with Crippen molar-refractivity contribution < 1.29 is 0 Å². The highest BCUT2D eigenvalue weighted by molar-refractivity contribution is 5.64. The topological polar surface area (TPSA) is 58.3 Å². The zero-order chi connectivity index (χ0) is 15.8. The molecule has 2 aromatic heterocycles. The van der Waals surface area contributed by atoms with Crippen LogP contribution < -0.4 is 5.32 Å². The zero-order valence-corrected chi connectivity index (χ0v) is 13.5. The number of anilines is 2. The molecule has 0 saturated heterocycles. The monoisotopic (exact) mass is 308 g/mol. The third-order valence-electron chi connectivity index (χ3n) is 4.43. The molecule has 0 unspecified atom stereocenters. The van der Waals surface area contributed by atoms with Crippen LogP contribution in [0, 0.1) is 6.92 Å². The van der Waals surface area contributed by atoms with E-state index in [0.717, 1.165) is 43.3 Å². The second-order valence-corrected chi connectivity index (χ2v) is 5.94. The van der Waals surface area contributed by atoms with Gasteiger partial charge in [-0.05, 0) is 37.1 Å². The van der Waals surface area contributed by atoms with Gasteiger partial charge < -0.3 is 5.32 Å². The summed E-state index contributed by atoms with van der Waals surface area (Å²) in [5.41, 5.74) is 4.89. The van der Waals surface area contributed by atoms with Gasteiger partial charge in [0.15, 0.2) is 0 Å². The van der Waals surface area contributed by atoms with Crippen molar-refractivity contribution in [3.63, 3.8) is 0 Å². The van der Waals surface area contributed by atoms with Crippen LogP contribution in [0.15, 0.2) is 30.6 Å². The molecule has 0 atom stereocenters. The molecule has 6 nitrogen and oxygen atoms in total. The van der Waals surface area contributed by atoms with Gasteiger partial charge in [-0.2, -0.15) is 14.6 Å². The maximum absolute atomic E-state index is 4.39. The number of aryl methyl sites for hydroxylation is 1. The lowest BCUT2D eigenvalue weighted by Crippen LogP contribution is -2.30. The third-order valence-corrected chi connectivity index (χ3v) is 4.43. The molecule has 0 radical (unpaired) electrons. The Balaban J connectivity index is 1.73. The number of hydrogen-bond acceptors (Lipinski definition) is 5. The normalized spacial score (nSPS) is 14.9. The van der Waals surface area contributed by atoms with Crippen molar-refractivity contribution in [1.82, 2.24) is 24.5 Å². The summed E-state index contributed by atoms with van der Waals surface area (Å²) in [5.74, 6) is 1.52. The first kappa shape index (κ1) is 14.1. The van der Waals surface area contributed by atoms with E-state index in [0.29, 0.717) is 5.78 Å². The predicted octanol–water partition coefficient (Wildman–Crippen LogP) is 2.55. The summed E-state index contributed by atoms with van der Waals surface area (Å²) < 4.78 is 1.74. The number of rotatable bonds is 3. The molecule has 4 rings (SSSR count). The quantitative estimate of drug-likeness (QED) is 0.806. The highest BCUT2D eigenvalue weighted by atomic mass is 15.4. The smallest absolute Gasteiger partial charge is 0.254 e. The fourth-order valence-electron chi connectivity index (χ4n) is 3.21. The molecule has 1 aliphatic rings. The number of likely N-dealkylation sites (N-methyl/N-ethyl adjacent to an activating group) is 1. The average molecular weight is 308 g/mol. The van der Waals surface area contributed by atoms with E-state index in [9.17, 15) is 0 Å². The van der Waals surface area contributed by atoms with Gasteiger partial charge in [-0.15, -0.1) is 0 Å². The van der Waals surface area contributed by atoms with Crippen LogP contribution >= 0.6 is 0 Å². The molecule has 0 saturated carbocycles. The van der Waals surface area contributed by atoms with Crippen molar-refractivity contribution in [2.75, 3.05) is 18.4 Å². The molecule has 0 fully saturated rings. The fourth-order valence-corrected chi connectivity index (χ4v) is 3.21. The van der Waals surface area contributed by atoms with Crippen LogP contribution in [0.3, 0.4) is 0 Å². The Morgan fingerprint density at radius 3 is 3.09 bits per heavy atom. The molecule has 3 aromatic rings. The van der Waals surface area contributed by atoms with Crippen molar-refractivity contribution in [2.45, 2.75) is 26.8 Å². The van der Waals surface area contributed by atoms with E-state index >= 15 is 0 Å². The van der Waals surface area contributed by atoms with E-state index in [1.165, 1.54) is 17.5 Å². The van der Waals surface area contributed by atoms with Crippen LogP contribution in [0.5, 0.6) is 0 Å². The van der Waals surface area contributed by atoms with E-state index in [1.54, 1.807) is 4.52 Å². The Kier molecular flexibility index (Phi) is 3.46. The summed E-state index contributed by atoms with van der Waals surface area (Å²) in [6.07, 6.45) is 2.60. The van der Waals surface area contributed by atoms with Crippen LogP contribution in [0.1, 0.15) is 23.7 Å². The van der Waals surface area contributed by atoms with Gasteiger partial charge in [0, 0.05) is 30.5 Å². The first-order chi connectivity index (χ1) is 11.2. The van der Waals surface area contributed by atoms with Crippen molar-refractivity contribution in [3.8, 4) is 0 Å². The van der Waals surface area contributed by atoms with Gasteiger partial charge in [0.05, 0.1) is 0 Å². The maximum atomic E-state index is 4.39. The first-order valence-electron chi connectivity index (χ1n) is 8.02. The van der Waals surface area contributed by atoms with Crippen molar-refractivity contribution in [1.29, 1.82) is 0 Å². The minimum Gasteiger partial charge on any atom is -0.340 e. The lowest BCUT2D eigenvalue weighted by molar-refractivity contribution is 0.268. The SMILES string of the molecule is CCN1CCc2c(cccc2Nc2cc(C)nc3ncnn23)C1. The van der Waals surface area contributed by atoms with Crippen molar-refractivity contribution in [3.05, 3.63) is 47.4 Å². The summed E-state index contributed by atoms with van der Waals surface area (Å²) in [6.45, 7) is 7.42. The molecule has 1 N–H and O–H groups in total. The second kappa shape index (κ2) is 5.62. The molecule has 1 aliphatic heterocycles. The lowest BCUT2D eigenvalue weighted by atomic mass is 9.97. The summed E-state index contributed by atoms with van der Waals surface area (Å²) in [5, 5.41) is 7.80. The second-order valence-electron chi connectivity index (χ2n) is 5.94. The van der Waals surface area contributed by atoms with Crippen LogP contribution in [-0.2, 0) is 13.0 Å². The van der Waals surface area contributed by atoms with Crippen LogP contribution in [0.2, 0.25) is 0 Å². The predicted molar refractivity (Wildman–Crippen MR) is 89.9 cm³/mol. The van der Waals surface area contributed by atoms with Crippen molar-refractivity contribution in [2.24, 2.45) is 0 Å². The average Bonchev–Trinajstić information content (AvgIpc) is 3.03. The molecule has 0 amide bonds. The third kappa shape index (κ3) is 2.55. The standard InChI is InChI=1S/C17H20N6/c1-3-22-8-7-14-13(10-22)5-4-6-15(14)21-16-9-12(2)20-17-18-11-19-23(16)17/h4-6,9,11,21H,3,7-8,10H2,1-2H3. The number of nitrogens with one attached hydrogen (secondary N) is 1. The largest absolute Gasteiger partial charge is 0.340 e.